The predicted octanol–water partition coefficient (Wildman–Crippen LogP) is 1.14. The van der Waals surface area contributed by atoms with Crippen LogP contribution in [-0.2, 0) is 30.9 Å². The average molecular weight is 483 g/mol. The van der Waals surface area contributed by atoms with Gasteiger partial charge in [0.1, 0.15) is 28.5 Å². The van der Waals surface area contributed by atoms with E-state index in [1.165, 1.54) is 7.11 Å². The molecule has 0 radical (unpaired) electrons. The molecule has 33 heavy (non-hydrogen) atoms. The third-order valence-electron chi connectivity index (χ3n) is 4.91. The minimum absolute atomic E-state index is 0.0289. The van der Waals surface area contributed by atoms with Crippen molar-refractivity contribution in [3.05, 3.63) is 59.7 Å². The zero-order valence-electron chi connectivity index (χ0n) is 17.7. The SMILES string of the molecule is COc1ccccc1CNC(=O)C(=O)NC[C@H]1OCCCN1S(=O)(=O)c1cc(F)ccc1F. The van der Waals surface area contributed by atoms with Gasteiger partial charge in [-0.2, -0.15) is 4.31 Å². The number of ether oxygens (including phenoxy) is 2. The van der Waals surface area contributed by atoms with E-state index in [1.54, 1.807) is 24.3 Å². The standard InChI is InChI=1S/C21H23F2N3O6S/c1-31-17-6-3-2-5-14(17)12-24-20(27)21(28)25-13-19-26(9-4-10-32-19)33(29,30)18-11-15(22)7-8-16(18)23/h2-3,5-8,11,19H,4,9-10,12-13H2,1H3,(H,24,27)(H,25,28)/t19-/m1/s1. The molecule has 0 bridgehead atoms. The molecule has 9 nitrogen and oxygen atoms in total. The maximum absolute atomic E-state index is 14.1. The summed E-state index contributed by atoms with van der Waals surface area (Å²) in [7, 11) is -2.98. The van der Waals surface area contributed by atoms with Crippen LogP contribution in [0.3, 0.4) is 0 Å². The molecule has 0 aliphatic carbocycles. The number of carbonyl (C=O) groups excluding carboxylic acids is 2. The summed E-state index contributed by atoms with van der Waals surface area (Å²) < 4.78 is 64.9. The maximum Gasteiger partial charge on any atom is 0.309 e. The van der Waals surface area contributed by atoms with Crippen LogP contribution >= 0.6 is 0 Å². The molecule has 178 valence electrons. The van der Waals surface area contributed by atoms with Gasteiger partial charge in [-0.25, -0.2) is 17.2 Å². The van der Waals surface area contributed by atoms with Crippen LogP contribution in [0.2, 0.25) is 0 Å². The monoisotopic (exact) mass is 483 g/mol. The average Bonchev–Trinajstić information content (AvgIpc) is 2.82. The van der Waals surface area contributed by atoms with Crippen molar-refractivity contribution in [2.24, 2.45) is 0 Å². The molecule has 2 aromatic rings. The summed E-state index contributed by atoms with van der Waals surface area (Å²) in [6.07, 6.45) is -0.877. The number of benzene rings is 2. The number of methoxy groups -OCH3 is 1. The third kappa shape index (κ3) is 5.83. The fourth-order valence-corrected chi connectivity index (χ4v) is 4.91. The van der Waals surface area contributed by atoms with Crippen molar-refractivity contribution in [1.29, 1.82) is 0 Å². The molecule has 1 aliphatic rings. The Hall–Kier alpha value is -3.09. The van der Waals surface area contributed by atoms with Crippen LogP contribution in [0.15, 0.2) is 47.4 Å². The van der Waals surface area contributed by atoms with Crippen molar-refractivity contribution in [3.8, 4) is 5.75 Å². The minimum atomic E-state index is -4.46. The fourth-order valence-electron chi connectivity index (χ4n) is 3.27. The minimum Gasteiger partial charge on any atom is -0.496 e. The van der Waals surface area contributed by atoms with E-state index >= 15 is 0 Å². The molecule has 1 fully saturated rings. The molecule has 0 aromatic heterocycles. The normalized spacial score (nSPS) is 16.8. The molecular weight excluding hydrogens is 460 g/mol. The van der Waals surface area contributed by atoms with Crippen molar-refractivity contribution >= 4 is 21.8 Å². The zero-order chi connectivity index (χ0) is 24.0. The van der Waals surface area contributed by atoms with Gasteiger partial charge >= 0.3 is 11.8 Å². The lowest BCUT2D eigenvalue weighted by atomic mass is 10.2. The summed E-state index contributed by atoms with van der Waals surface area (Å²) in [5.74, 6) is -3.43. The van der Waals surface area contributed by atoms with E-state index in [0.717, 1.165) is 16.4 Å². The highest BCUT2D eigenvalue weighted by Gasteiger charge is 2.36. The van der Waals surface area contributed by atoms with Crippen LogP contribution in [0.4, 0.5) is 8.78 Å². The summed E-state index contributed by atoms with van der Waals surface area (Å²) >= 11 is 0. The van der Waals surface area contributed by atoms with E-state index in [9.17, 15) is 26.8 Å². The second-order valence-corrected chi connectivity index (χ2v) is 8.93. The highest BCUT2D eigenvalue weighted by atomic mass is 32.2. The molecule has 12 heteroatoms. The molecule has 1 aliphatic heterocycles. The molecule has 1 atom stereocenters. The number of nitrogens with one attached hydrogen (secondary N) is 2. The van der Waals surface area contributed by atoms with Crippen molar-refractivity contribution in [3.63, 3.8) is 0 Å². The van der Waals surface area contributed by atoms with Crippen molar-refractivity contribution < 1.29 is 36.3 Å². The van der Waals surface area contributed by atoms with Crippen LogP contribution in [0, 0.1) is 11.6 Å². The third-order valence-corrected chi connectivity index (χ3v) is 6.81. The Morgan fingerprint density at radius 2 is 1.88 bits per heavy atom. The van der Waals surface area contributed by atoms with E-state index in [4.69, 9.17) is 9.47 Å². The predicted molar refractivity (Wildman–Crippen MR) is 112 cm³/mol. The smallest absolute Gasteiger partial charge is 0.309 e. The first-order chi connectivity index (χ1) is 15.7. The van der Waals surface area contributed by atoms with Crippen LogP contribution in [-0.4, -0.2) is 57.6 Å². The highest BCUT2D eigenvalue weighted by molar-refractivity contribution is 7.89. The molecule has 0 spiro atoms. The van der Waals surface area contributed by atoms with E-state index < -0.39 is 44.6 Å². The molecule has 2 N–H and O–H groups in total. The Bertz CT molecular complexity index is 1130. The number of rotatable bonds is 7. The Labute approximate surface area is 189 Å². The quantitative estimate of drug-likeness (QED) is 0.571. The number of halogens is 2. The van der Waals surface area contributed by atoms with Crippen LogP contribution in [0.25, 0.3) is 0 Å². The van der Waals surface area contributed by atoms with Gasteiger partial charge in [0.25, 0.3) is 0 Å². The van der Waals surface area contributed by atoms with E-state index in [0.29, 0.717) is 23.8 Å². The number of para-hydroxylation sites is 1. The number of nitrogens with zero attached hydrogens (tertiary/aromatic N) is 1. The second kappa shape index (κ2) is 10.7. The molecule has 2 amide bonds. The fraction of sp³-hybridized carbons (Fsp3) is 0.333. The topological polar surface area (TPSA) is 114 Å². The van der Waals surface area contributed by atoms with E-state index in [2.05, 4.69) is 10.6 Å². The van der Waals surface area contributed by atoms with Gasteiger partial charge in [0, 0.05) is 18.7 Å². The van der Waals surface area contributed by atoms with Gasteiger partial charge in [0.15, 0.2) is 0 Å². The van der Waals surface area contributed by atoms with Crippen LogP contribution < -0.4 is 15.4 Å². The van der Waals surface area contributed by atoms with Crippen LogP contribution in [0.5, 0.6) is 5.75 Å². The summed E-state index contributed by atoms with van der Waals surface area (Å²) in [4.78, 5) is 23.5. The van der Waals surface area contributed by atoms with Gasteiger partial charge in [-0.15, -0.1) is 0 Å². The van der Waals surface area contributed by atoms with Gasteiger partial charge in [-0.05, 0) is 30.7 Å². The Balaban J connectivity index is 1.63. The van der Waals surface area contributed by atoms with Gasteiger partial charge in [0.05, 0.1) is 20.3 Å². The maximum atomic E-state index is 14.1. The summed E-state index contributed by atoms with van der Waals surface area (Å²) in [6, 6.07) is 9.05. The number of sulfonamides is 1. The summed E-state index contributed by atoms with van der Waals surface area (Å²) in [5.41, 5.74) is 0.658. The van der Waals surface area contributed by atoms with Crippen LogP contribution in [0.1, 0.15) is 12.0 Å². The summed E-state index contributed by atoms with van der Waals surface area (Å²) in [6.45, 7) is -0.163. The number of amides is 2. The molecule has 1 heterocycles. The highest BCUT2D eigenvalue weighted by Crippen LogP contribution is 2.25. The Kier molecular flexibility index (Phi) is 7.95. The van der Waals surface area contributed by atoms with E-state index in [1.807, 2.05) is 0 Å². The first kappa shape index (κ1) is 24.6. The van der Waals surface area contributed by atoms with Gasteiger partial charge in [0.2, 0.25) is 10.0 Å². The molecule has 2 aromatic carbocycles. The molecule has 0 saturated carbocycles. The van der Waals surface area contributed by atoms with Crippen molar-refractivity contribution in [2.45, 2.75) is 24.1 Å². The van der Waals surface area contributed by atoms with Gasteiger partial charge < -0.3 is 20.1 Å². The van der Waals surface area contributed by atoms with Crippen molar-refractivity contribution in [1.82, 2.24) is 14.9 Å². The van der Waals surface area contributed by atoms with Gasteiger partial charge in [-0.3, -0.25) is 9.59 Å². The molecule has 0 unspecified atom stereocenters. The Morgan fingerprint density at radius 3 is 2.64 bits per heavy atom. The van der Waals surface area contributed by atoms with Gasteiger partial charge in [-0.1, -0.05) is 18.2 Å². The zero-order valence-corrected chi connectivity index (χ0v) is 18.5. The number of carbonyl (C=O) groups is 2. The number of hydrogen-bond acceptors (Lipinski definition) is 6. The molecule has 3 rings (SSSR count). The lowest BCUT2D eigenvalue weighted by molar-refractivity contribution is -0.140. The lowest BCUT2D eigenvalue weighted by Gasteiger charge is -2.34. The van der Waals surface area contributed by atoms with Crippen molar-refractivity contribution in [2.75, 3.05) is 26.8 Å². The summed E-state index contributed by atoms with van der Waals surface area (Å²) in [5, 5.41) is 4.76. The second-order valence-electron chi connectivity index (χ2n) is 7.07. The Morgan fingerprint density at radius 1 is 1.15 bits per heavy atom. The molecular formula is C21H23F2N3O6S. The van der Waals surface area contributed by atoms with E-state index in [-0.39, 0.29) is 26.2 Å². The number of hydrogen-bond donors (Lipinski definition) is 2. The first-order valence-corrected chi connectivity index (χ1v) is 11.4. The molecule has 1 saturated heterocycles. The first-order valence-electron chi connectivity index (χ1n) is 10.0. The lowest BCUT2D eigenvalue weighted by Crippen LogP contribution is -2.53. The largest absolute Gasteiger partial charge is 0.496 e.